The largest absolute Gasteiger partial charge is 0.497 e. The Labute approximate surface area is 156 Å². The van der Waals surface area contributed by atoms with E-state index in [0.717, 1.165) is 16.8 Å². The van der Waals surface area contributed by atoms with Crippen molar-refractivity contribution < 1.29 is 14.3 Å². The summed E-state index contributed by atoms with van der Waals surface area (Å²) in [5, 5.41) is 7.50. The average Bonchev–Trinajstić information content (AvgIpc) is 3.03. The average molecular weight is 365 g/mol. The topological polar surface area (TPSA) is 91.2 Å². The summed E-state index contributed by atoms with van der Waals surface area (Å²) in [5.74, 6) is 2.08. The molecule has 0 fully saturated rings. The maximum atomic E-state index is 12.5. The number of nitrogens with zero attached hydrogens (tertiary/aromatic N) is 4. The van der Waals surface area contributed by atoms with Gasteiger partial charge in [-0.05, 0) is 31.2 Å². The van der Waals surface area contributed by atoms with Crippen molar-refractivity contribution in [1.29, 1.82) is 0 Å². The summed E-state index contributed by atoms with van der Waals surface area (Å²) in [6.07, 6.45) is 3.57. The number of amides is 1. The van der Waals surface area contributed by atoms with Gasteiger partial charge in [-0.3, -0.25) is 4.79 Å². The second-order valence-corrected chi connectivity index (χ2v) is 6.22. The van der Waals surface area contributed by atoms with Crippen molar-refractivity contribution >= 4 is 11.7 Å². The Morgan fingerprint density at radius 3 is 2.67 bits per heavy atom. The lowest BCUT2D eigenvalue weighted by molar-refractivity contribution is -0.116. The number of methoxy groups -OCH3 is 2. The standard InChI is InChI=1S/C19H19N5O3/c1-11-17-14(13-9-12(26-2)5-6-15(13)27-3)10-16(25)22-18(17)24(23-11)19-20-7-4-8-21-19/h4-9,14H,10H2,1-3H3,(H,22,25)/t14-/m1/s1. The number of benzene rings is 1. The summed E-state index contributed by atoms with van der Waals surface area (Å²) < 4.78 is 12.5. The van der Waals surface area contributed by atoms with E-state index >= 15 is 0 Å². The first-order valence-electron chi connectivity index (χ1n) is 8.51. The van der Waals surface area contributed by atoms with Gasteiger partial charge in [-0.25, -0.2) is 9.97 Å². The third-order valence-electron chi connectivity index (χ3n) is 4.66. The fourth-order valence-corrected chi connectivity index (χ4v) is 3.47. The fourth-order valence-electron chi connectivity index (χ4n) is 3.47. The molecule has 1 amide bonds. The minimum Gasteiger partial charge on any atom is -0.497 e. The maximum absolute atomic E-state index is 12.5. The molecule has 0 spiro atoms. The van der Waals surface area contributed by atoms with E-state index in [1.54, 1.807) is 37.4 Å². The van der Waals surface area contributed by atoms with Crippen LogP contribution in [0.4, 0.5) is 5.82 Å². The summed E-state index contributed by atoms with van der Waals surface area (Å²) in [5.41, 5.74) is 2.60. The smallest absolute Gasteiger partial charge is 0.252 e. The van der Waals surface area contributed by atoms with Crippen molar-refractivity contribution in [1.82, 2.24) is 19.7 Å². The molecule has 0 bridgehead atoms. The first-order valence-corrected chi connectivity index (χ1v) is 8.51. The van der Waals surface area contributed by atoms with Crippen LogP contribution >= 0.6 is 0 Å². The molecule has 27 heavy (non-hydrogen) atoms. The molecule has 3 heterocycles. The Kier molecular flexibility index (Phi) is 4.23. The van der Waals surface area contributed by atoms with Crippen molar-refractivity contribution in [2.45, 2.75) is 19.3 Å². The minimum absolute atomic E-state index is 0.102. The molecule has 1 aliphatic heterocycles. The highest BCUT2D eigenvalue weighted by Gasteiger charge is 2.34. The second-order valence-electron chi connectivity index (χ2n) is 6.22. The van der Waals surface area contributed by atoms with E-state index in [2.05, 4.69) is 20.4 Å². The van der Waals surface area contributed by atoms with E-state index in [-0.39, 0.29) is 11.8 Å². The molecule has 1 atom stereocenters. The van der Waals surface area contributed by atoms with Crippen LogP contribution in [-0.2, 0) is 4.79 Å². The Balaban J connectivity index is 1.90. The van der Waals surface area contributed by atoms with Gasteiger partial charge in [0.2, 0.25) is 5.91 Å². The van der Waals surface area contributed by atoms with Gasteiger partial charge in [-0.15, -0.1) is 0 Å². The number of hydrogen-bond donors (Lipinski definition) is 1. The van der Waals surface area contributed by atoms with Gasteiger partial charge in [-0.2, -0.15) is 9.78 Å². The zero-order chi connectivity index (χ0) is 19.0. The van der Waals surface area contributed by atoms with Gasteiger partial charge in [0.25, 0.3) is 5.95 Å². The molecule has 2 aromatic heterocycles. The first-order chi connectivity index (χ1) is 13.1. The number of nitrogens with one attached hydrogen (secondary N) is 1. The zero-order valence-corrected chi connectivity index (χ0v) is 15.3. The Hall–Kier alpha value is -3.42. The second kappa shape index (κ2) is 6.71. The van der Waals surface area contributed by atoms with Gasteiger partial charge in [0.15, 0.2) is 0 Å². The molecule has 8 heteroatoms. The van der Waals surface area contributed by atoms with Gasteiger partial charge in [0.05, 0.1) is 19.9 Å². The third-order valence-corrected chi connectivity index (χ3v) is 4.66. The molecule has 8 nitrogen and oxygen atoms in total. The van der Waals surface area contributed by atoms with Crippen LogP contribution in [0.3, 0.4) is 0 Å². The summed E-state index contributed by atoms with van der Waals surface area (Å²) in [4.78, 5) is 21.0. The van der Waals surface area contributed by atoms with Crippen LogP contribution < -0.4 is 14.8 Å². The number of carbonyl (C=O) groups is 1. The molecule has 0 radical (unpaired) electrons. The van der Waals surface area contributed by atoms with E-state index in [4.69, 9.17) is 9.47 Å². The number of carbonyl (C=O) groups excluding carboxylic acids is 1. The van der Waals surface area contributed by atoms with Gasteiger partial charge in [0, 0.05) is 35.9 Å². The van der Waals surface area contributed by atoms with Crippen molar-refractivity contribution in [2.75, 3.05) is 19.5 Å². The Morgan fingerprint density at radius 2 is 1.96 bits per heavy atom. The van der Waals surface area contributed by atoms with Gasteiger partial charge >= 0.3 is 0 Å². The molecule has 0 aliphatic carbocycles. The minimum atomic E-state index is -0.212. The summed E-state index contributed by atoms with van der Waals surface area (Å²) in [6.45, 7) is 1.91. The predicted molar refractivity (Wildman–Crippen MR) is 98.5 cm³/mol. The molecular weight excluding hydrogens is 346 g/mol. The van der Waals surface area contributed by atoms with Crippen LogP contribution in [0.5, 0.6) is 11.5 Å². The van der Waals surface area contributed by atoms with Crippen LogP contribution in [-0.4, -0.2) is 39.9 Å². The van der Waals surface area contributed by atoms with Crippen LogP contribution in [0.25, 0.3) is 5.95 Å². The van der Waals surface area contributed by atoms with Crippen LogP contribution in [0.1, 0.15) is 29.2 Å². The Morgan fingerprint density at radius 1 is 1.19 bits per heavy atom. The summed E-state index contributed by atoms with van der Waals surface area (Å²) >= 11 is 0. The number of ether oxygens (including phenoxy) is 2. The van der Waals surface area contributed by atoms with Gasteiger partial charge < -0.3 is 14.8 Å². The quantitative estimate of drug-likeness (QED) is 0.764. The van der Waals surface area contributed by atoms with Crippen molar-refractivity contribution in [3.8, 4) is 17.4 Å². The molecule has 1 N–H and O–H groups in total. The number of fused-ring (bicyclic) bond motifs is 1. The molecule has 0 saturated carbocycles. The maximum Gasteiger partial charge on any atom is 0.252 e. The number of anilines is 1. The van der Waals surface area contributed by atoms with E-state index in [9.17, 15) is 4.79 Å². The number of rotatable bonds is 4. The highest BCUT2D eigenvalue weighted by Crippen LogP contribution is 2.43. The van der Waals surface area contributed by atoms with Crippen molar-refractivity contribution in [3.63, 3.8) is 0 Å². The molecule has 0 unspecified atom stereocenters. The lowest BCUT2D eigenvalue weighted by Gasteiger charge is -2.25. The fraction of sp³-hybridized carbons (Fsp3) is 0.263. The zero-order valence-electron chi connectivity index (χ0n) is 15.3. The molecule has 1 aromatic carbocycles. The molecule has 138 valence electrons. The highest BCUT2D eigenvalue weighted by molar-refractivity contribution is 5.95. The summed E-state index contributed by atoms with van der Waals surface area (Å²) in [6, 6.07) is 7.32. The van der Waals surface area contributed by atoms with Gasteiger partial charge in [-0.1, -0.05) is 0 Å². The lowest BCUT2D eigenvalue weighted by Crippen LogP contribution is -2.25. The van der Waals surface area contributed by atoms with E-state index < -0.39 is 0 Å². The van der Waals surface area contributed by atoms with E-state index in [0.29, 0.717) is 29.7 Å². The number of hydrogen-bond acceptors (Lipinski definition) is 6. The van der Waals surface area contributed by atoms with E-state index in [1.807, 2.05) is 25.1 Å². The highest BCUT2D eigenvalue weighted by atomic mass is 16.5. The predicted octanol–water partition coefficient (Wildman–Crippen LogP) is 2.46. The molecular formula is C19H19N5O3. The number of aryl methyl sites for hydroxylation is 1. The Bertz CT molecular complexity index is 1000. The summed E-state index contributed by atoms with van der Waals surface area (Å²) in [7, 11) is 3.23. The van der Waals surface area contributed by atoms with Crippen molar-refractivity contribution in [3.05, 3.63) is 53.5 Å². The lowest BCUT2D eigenvalue weighted by atomic mass is 9.85. The van der Waals surface area contributed by atoms with Crippen LogP contribution in [0, 0.1) is 6.92 Å². The van der Waals surface area contributed by atoms with Crippen molar-refractivity contribution in [2.24, 2.45) is 0 Å². The first kappa shape index (κ1) is 17.0. The SMILES string of the molecule is COc1ccc(OC)c([C@H]2CC(=O)Nc3c2c(C)nn3-c2ncccn2)c1. The van der Waals surface area contributed by atoms with Crippen LogP contribution in [0.15, 0.2) is 36.7 Å². The van der Waals surface area contributed by atoms with Gasteiger partial charge in [0.1, 0.15) is 17.3 Å². The molecule has 3 aromatic rings. The normalized spacial score (nSPS) is 15.8. The monoisotopic (exact) mass is 365 g/mol. The molecule has 4 rings (SSSR count). The molecule has 1 aliphatic rings. The number of aromatic nitrogens is 4. The van der Waals surface area contributed by atoms with Crippen LogP contribution in [0.2, 0.25) is 0 Å². The third kappa shape index (κ3) is 2.88. The molecule has 0 saturated heterocycles. The van der Waals surface area contributed by atoms with E-state index in [1.165, 1.54) is 0 Å².